The first-order valence-electron chi connectivity index (χ1n) is 8.76. The quantitative estimate of drug-likeness (QED) is 0.785. The Bertz CT molecular complexity index is 693. The standard InChI is InChI=1S/C21H25NO2/c1-3-16-9-11-17(12-10-16)14-22-15-19-8-6-5-7-18(19)13-20(22)21(23)24-4-2/h5-12,20H,3-4,13-15H2,1-2H3. The Morgan fingerprint density at radius 1 is 1.04 bits per heavy atom. The van der Waals surface area contributed by atoms with Gasteiger partial charge in [-0.15, -0.1) is 0 Å². The summed E-state index contributed by atoms with van der Waals surface area (Å²) in [5.41, 5.74) is 5.14. The highest BCUT2D eigenvalue weighted by atomic mass is 16.5. The lowest BCUT2D eigenvalue weighted by atomic mass is 9.93. The van der Waals surface area contributed by atoms with Crippen LogP contribution in [0, 0.1) is 0 Å². The summed E-state index contributed by atoms with van der Waals surface area (Å²) in [6.07, 6.45) is 1.77. The first kappa shape index (κ1) is 16.7. The van der Waals surface area contributed by atoms with E-state index in [2.05, 4.69) is 54.3 Å². The van der Waals surface area contributed by atoms with Crippen LogP contribution in [0.25, 0.3) is 0 Å². The highest BCUT2D eigenvalue weighted by molar-refractivity contribution is 5.76. The van der Waals surface area contributed by atoms with Crippen LogP contribution in [0.4, 0.5) is 0 Å². The monoisotopic (exact) mass is 323 g/mol. The second-order valence-electron chi connectivity index (χ2n) is 6.32. The number of carbonyl (C=O) groups excluding carboxylic acids is 1. The molecule has 0 aliphatic carbocycles. The molecule has 3 heteroatoms. The molecule has 0 bridgehead atoms. The summed E-state index contributed by atoms with van der Waals surface area (Å²) >= 11 is 0. The second kappa shape index (κ2) is 7.63. The van der Waals surface area contributed by atoms with Crippen LogP contribution in [0.2, 0.25) is 0 Å². The van der Waals surface area contributed by atoms with Gasteiger partial charge in [-0.1, -0.05) is 55.5 Å². The minimum absolute atomic E-state index is 0.114. The summed E-state index contributed by atoms with van der Waals surface area (Å²) in [6.45, 7) is 6.00. The van der Waals surface area contributed by atoms with E-state index in [9.17, 15) is 4.79 Å². The van der Waals surface area contributed by atoms with Gasteiger partial charge in [0.25, 0.3) is 0 Å². The molecule has 3 nitrogen and oxygen atoms in total. The third kappa shape index (κ3) is 3.68. The van der Waals surface area contributed by atoms with Gasteiger partial charge >= 0.3 is 5.97 Å². The van der Waals surface area contributed by atoms with E-state index in [1.54, 1.807) is 0 Å². The molecule has 0 aromatic heterocycles. The Kier molecular flexibility index (Phi) is 5.31. The molecule has 0 amide bonds. The van der Waals surface area contributed by atoms with Gasteiger partial charge in [0.05, 0.1) is 6.61 Å². The molecule has 1 atom stereocenters. The molecule has 0 radical (unpaired) electrons. The van der Waals surface area contributed by atoms with Gasteiger partial charge in [0.2, 0.25) is 0 Å². The molecule has 0 saturated heterocycles. The van der Waals surface area contributed by atoms with Gasteiger partial charge in [-0.25, -0.2) is 0 Å². The Hall–Kier alpha value is -2.13. The van der Waals surface area contributed by atoms with E-state index in [1.807, 2.05) is 13.0 Å². The molecule has 1 unspecified atom stereocenters. The van der Waals surface area contributed by atoms with Gasteiger partial charge in [-0.05, 0) is 42.0 Å². The fraction of sp³-hybridized carbons (Fsp3) is 0.381. The normalized spacial score (nSPS) is 17.3. The van der Waals surface area contributed by atoms with E-state index in [-0.39, 0.29) is 12.0 Å². The van der Waals surface area contributed by atoms with Crippen molar-refractivity contribution in [2.45, 2.75) is 45.8 Å². The summed E-state index contributed by atoms with van der Waals surface area (Å²) in [4.78, 5) is 14.7. The lowest BCUT2D eigenvalue weighted by molar-refractivity contribution is -0.150. The van der Waals surface area contributed by atoms with Crippen LogP contribution in [-0.4, -0.2) is 23.5 Å². The van der Waals surface area contributed by atoms with Gasteiger partial charge < -0.3 is 4.74 Å². The van der Waals surface area contributed by atoms with Gasteiger partial charge in [0.1, 0.15) is 6.04 Å². The molecule has 1 aliphatic rings. The van der Waals surface area contributed by atoms with Crippen molar-refractivity contribution in [3.63, 3.8) is 0 Å². The number of ether oxygens (including phenoxy) is 1. The molecule has 0 N–H and O–H groups in total. The molecular formula is C21H25NO2. The number of benzene rings is 2. The minimum Gasteiger partial charge on any atom is -0.465 e. The summed E-state index contributed by atoms with van der Waals surface area (Å²) < 4.78 is 5.32. The SMILES string of the molecule is CCOC(=O)C1Cc2ccccc2CN1Cc1ccc(CC)cc1. The Labute approximate surface area is 144 Å². The van der Waals surface area contributed by atoms with Crippen LogP contribution < -0.4 is 0 Å². The molecule has 2 aromatic rings. The molecule has 126 valence electrons. The average molecular weight is 323 g/mol. The highest BCUT2D eigenvalue weighted by Gasteiger charge is 2.32. The summed E-state index contributed by atoms with van der Waals surface area (Å²) in [6, 6.07) is 16.9. The van der Waals surface area contributed by atoms with E-state index >= 15 is 0 Å². The fourth-order valence-electron chi connectivity index (χ4n) is 3.33. The van der Waals surface area contributed by atoms with Crippen LogP contribution in [0.3, 0.4) is 0 Å². The van der Waals surface area contributed by atoms with Crippen molar-refractivity contribution in [3.05, 3.63) is 70.8 Å². The molecular weight excluding hydrogens is 298 g/mol. The van der Waals surface area contributed by atoms with Crippen molar-refractivity contribution in [1.82, 2.24) is 4.90 Å². The van der Waals surface area contributed by atoms with E-state index < -0.39 is 0 Å². The summed E-state index contributed by atoms with van der Waals surface area (Å²) in [7, 11) is 0. The third-order valence-corrected chi connectivity index (χ3v) is 4.72. The number of fused-ring (bicyclic) bond motifs is 1. The Morgan fingerprint density at radius 2 is 1.71 bits per heavy atom. The van der Waals surface area contributed by atoms with Crippen molar-refractivity contribution in [3.8, 4) is 0 Å². The number of aryl methyl sites for hydroxylation is 1. The predicted octanol–water partition coefficient (Wildman–Crippen LogP) is 3.74. The van der Waals surface area contributed by atoms with Crippen molar-refractivity contribution in [1.29, 1.82) is 0 Å². The smallest absolute Gasteiger partial charge is 0.323 e. The number of carbonyl (C=O) groups is 1. The molecule has 1 heterocycles. The maximum Gasteiger partial charge on any atom is 0.323 e. The zero-order valence-electron chi connectivity index (χ0n) is 14.5. The Morgan fingerprint density at radius 3 is 2.38 bits per heavy atom. The van der Waals surface area contributed by atoms with E-state index in [0.29, 0.717) is 6.61 Å². The molecule has 2 aromatic carbocycles. The van der Waals surface area contributed by atoms with Crippen LogP contribution in [0.1, 0.15) is 36.1 Å². The van der Waals surface area contributed by atoms with E-state index in [0.717, 1.165) is 25.9 Å². The first-order chi connectivity index (χ1) is 11.7. The van der Waals surface area contributed by atoms with E-state index in [1.165, 1.54) is 22.3 Å². The van der Waals surface area contributed by atoms with Crippen LogP contribution >= 0.6 is 0 Å². The van der Waals surface area contributed by atoms with Gasteiger partial charge in [0, 0.05) is 13.1 Å². The zero-order chi connectivity index (χ0) is 16.9. The Balaban J connectivity index is 1.82. The highest BCUT2D eigenvalue weighted by Crippen LogP contribution is 2.26. The van der Waals surface area contributed by atoms with Gasteiger partial charge in [-0.3, -0.25) is 9.69 Å². The number of nitrogens with zero attached hydrogens (tertiary/aromatic N) is 1. The topological polar surface area (TPSA) is 29.5 Å². The van der Waals surface area contributed by atoms with Crippen molar-refractivity contribution in [2.24, 2.45) is 0 Å². The minimum atomic E-state index is -0.203. The van der Waals surface area contributed by atoms with Crippen LogP contribution in [-0.2, 0) is 35.5 Å². The van der Waals surface area contributed by atoms with Crippen molar-refractivity contribution >= 4 is 5.97 Å². The van der Waals surface area contributed by atoms with Crippen molar-refractivity contribution in [2.75, 3.05) is 6.61 Å². The second-order valence-corrected chi connectivity index (χ2v) is 6.32. The number of esters is 1. The first-order valence-corrected chi connectivity index (χ1v) is 8.76. The maximum absolute atomic E-state index is 12.4. The molecule has 24 heavy (non-hydrogen) atoms. The lowest BCUT2D eigenvalue weighted by Crippen LogP contribution is -2.45. The lowest BCUT2D eigenvalue weighted by Gasteiger charge is -2.35. The number of hydrogen-bond acceptors (Lipinski definition) is 3. The van der Waals surface area contributed by atoms with Gasteiger partial charge in [0.15, 0.2) is 0 Å². The molecule has 0 fully saturated rings. The van der Waals surface area contributed by atoms with Crippen LogP contribution in [0.5, 0.6) is 0 Å². The molecule has 0 spiro atoms. The molecule has 3 rings (SSSR count). The van der Waals surface area contributed by atoms with Gasteiger partial charge in [-0.2, -0.15) is 0 Å². The van der Waals surface area contributed by atoms with Crippen LogP contribution in [0.15, 0.2) is 48.5 Å². The van der Waals surface area contributed by atoms with E-state index in [4.69, 9.17) is 4.74 Å². The maximum atomic E-state index is 12.4. The summed E-state index contributed by atoms with van der Waals surface area (Å²) in [5, 5.41) is 0. The third-order valence-electron chi connectivity index (χ3n) is 4.72. The number of rotatable bonds is 5. The van der Waals surface area contributed by atoms with Crippen molar-refractivity contribution < 1.29 is 9.53 Å². The largest absolute Gasteiger partial charge is 0.465 e. The molecule has 0 saturated carbocycles. The average Bonchev–Trinajstić information content (AvgIpc) is 2.62. The number of hydrogen-bond donors (Lipinski definition) is 0. The summed E-state index contributed by atoms with van der Waals surface area (Å²) in [5.74, 6) is -0.114. The fourth-order valence-corrected chi connectivity index (χ4v) is 3.33. The molecule has 1 aliphatic heterocycles. The predicted molar refractivity (Wildman–Crippen MR) is 95.6 cm³/mol. The zero-order valence-corrected chi connectivity index (χ0v) is 14.5.